The molecule has 2 aromatic rings. The molecule has 3 heterocycles. The van der Waals surface area contributed by atoms with Gasteiger partial charge < -0.3 is 14.7 Å². The highest BCUT2D eigenvalue weighted by molar-refractivity contribution is 7.90. The van der Waals surface area contributed by atoms with Crippen LogP contribution in [0.3, 0.4) is 0 Å². The second-order valence-electron chi connectivity index (χ2n) is 12.9. The first-order valence-electron chi connectivity index (χ1n) is 14.8. The van der Waals surface area contributed by atoms with E-state index in [4.69, 9.17) is 0 Å². The van der Waals surface area contributed by atoms with E-state index >= 15 is 0 Å². The Labute approximate surface area is 238 Å². The lowest BCUT2D eigenvalue weighted by Gasteiger charge is -2.40. The number of nitrogens with zero attached hydrogens (tertiary/aromatic N) is 3. The van der Waals surface area contributed by atoms with Crippen LogP contribution >= 0.6 is 0 Å². The van der Waals surface area contributed by atoms with E-state index in [-0.39, 0.29) is 11.3 Å². The first-order valence-corrected chi connectivity index (χ1v) is 16.7. The maximum absolute atomic E-state index is 13.0. The van der Waals surface area contributed by atoms with Gasteiger partial charge in [0, 0.05) is 57.7 Å². The summed E-state index contributed by atoms with van der Waals surface area (Å²) in [7, 11) is -3.23. The van der Waals surface area contributed by atoms with Crippen molar-refractivity contribution in [2.24, 2.45) is 17.3 Å². The molecule has 2 atom stereocenters. The first-order chi connectivity index (χ1) is 19.2. The molecule has 2 aromatic carbocycles. The molecule has 0 radical (unpaired) electrons. The highest BCUT2D eigenvalue weighted by Crippen LogP contribution is 2.43. The summed E-state index contributed by atoms with van der Waals surface area (Å²) >= 11 is 0. The van der Waals surface area contributed by atoms with E-state index in [1.54, 1.807) is 12.1 Å². The lowest BCUT2D eigenvalue weighted by atomic mass is 9.77. The third-order valence-electron chi connectivity index (χ3n) is 9.72. The van der Waals surface area contributed by atoms with Gasteiger partial charge in [-0.3, -0.25) is 9.59 Å². The highest BCUT2D eigenvalue weighted by atomic mass is 32.2. The van der Waals surface area contributed by atoms with Gasteiger partial charge in [0.2, 0.25) is 11.8 Å². The van der Waals surface area contributed by atoms with Crippen molar-refractivity contribution < 1.29 is 18.0 Å². The third kappa shape index (κ3) is 6.13. The summed E-state index contributed by atoms with van der Waals surface area (Å²) in [5, 5.41) is 0. The Morgan fingerprint density at radius 3 is 2.33 bits per heavy atom. The molecule has 4 aliphatic rings. The molecule has 0 N–H and O–H groups in total. The van der Waals surface area contributed by atoms with E-state index < -0.39 is 9.84 Å². The second kappa shape index (κ2) is 10.9. The SMILES string of the molecule is CS(=O)(=O)c1ccc(CN2CC3(CCN(C[C@H]4CN(C(=O)CC5CC5)C[C@@H]4c4ccccc4)CC3)CC2=O)cc1. The number of piperidine rings is 1. The molecular formula is C32H41N3O4S. The molecule has 1 aliphatic carbocycles. The molecule has 0 bridgehead atoms. The number of amides is 2. The van der Waals surface area contributed by atoms with Crippen molar-refractivity contribution in [2.75, 3.05) is 45.5 Å². The van der Waals surface area contributed by atoms with Crippen LogP contribution in [-0.2, 0) is 26.0 Å². The van der Waals surface area contributed by atoms with Gasteiger partial charge in [0.1, 0.15) is 0 Å². The molecule has 2 amide bonds. The number of carbonyl (C=O) groups is 2. The maximum atomic E-state index is 13.0. The average molecular weight is 564 g/mol. The van der Waals surface area contributed by atoms with Crippen LogP contribution < -0.4 is 0 Å². The summed E-state index contributed by atoms with van der Waals surface area (Å²) in [6.07, 6.45) is 6.95. The summed E-state index contributed by atoms with van der Waals surface area (Å²) in [6.45, 7) is 5.93. The van der Waals surface area contributed by atoms with Gasteiger partial charge >= 0.3 is 0 Å². The molecule has 3 aliphatic heterocycles. The molecule has 40 heavy (non-hydrogen) atoms. The van der Waals surface area contributed by atoms with Crippen LogP contribution in [0.25, 0.3) is 0 Å². The zero-order valence-corrected chi connectivity index (χ0v) is 24.3. The zero-order chi connectivity index (χ0) is 27.9. The van der Waals surface area contributed by atoms with Crippen molar-refractivity contribution in [1.29, 1.82) is 0 Å². The Bertz CT molecular complexity index is 1330. The number of rotatable bonds is 8. The molecule has 3 saturated heterocycles. The Balaban J connectivity index is 1.06. The van der Waals surface area contributed by atoms with Crippen molar-refractivity contribution >= 4 is 21.7 Å². The molecule has 0 aromatic heterocycles. The minimum atomic E-state index is -3.23. The second-order valence-corrected chi connectivity index (χ2v) is 14.9. The number of hydrogen-bond donors (Lipinski definition) is 0. The molecular weight excluding hydrogens is 522 g/mol. The van der Waals surface area contributed by atoms with Gasteiger partial charge in [-0.2, -0.15) is 0 Å². The zero-order valence-electron chi connectivity index (χ0n) is 23.5. The van der Waals surface area contributed by atoms with E-state index in [0.29, 0.717) is 47.9 Å². The minimum absolute atomic E-state index is 0.0288. The molecule has 1 spiro atoms. The fourth-order valence-electron chi connectivity index (χ4n) is 7.10. The van der Waals surface area contributed by atoms with Crippen molar-refractivity contribution in [3.63, 3.8) is 0 Å². The fourth-order valence-corrected chi connectivity index (χ4v) is 7.73. The monoisotopic (exact) mass is 563 g/mol. The molecule has 6 rings (SSSR count). The lowest BCUT2D eigenvalue weighted by Crippen LogP contribution is -2.44. The molecule has 4 fully saturated rings. The summed E-state index contributed by atoms with van der Waals surface area (Å²) in [5.41, 5.74) is 2.33. The highest BCUT2D eigenvalue weighted by Gasteiger charge is 2.46. The third-order valence-corrected chi connectivity index (χ3v) is 10.8. The normalized spacial score (nSPS) is 25.2. The van der Waals surface area contributed by atoms with Crippen LogP contribution in [0, 0.1) is 17.3 Å². The standard InChI is InChI=1S/C32H41N3O4S/c1-40(38,39)28-11-9-25(10-12-28)19-35-23-32(18-31(35)37)13-15-33(16-14-32)20-27-21-34(30(36)17-24-7-8-24)22-29(27)26-5-3-2-4-6-26/h2-6,9-12,24,27,29H,7-8,13-23H2,1H3/t27-,29+/m0/s1. The van der Waals surface area contributed by atoms with Crippen LogP contribution in [-0.4, -0.2) is 80.5 Å². The fraction of sp³-hybridized carbons (Fsp3) is 0.562. The van der Waals surface area contributed by atoms with Crippen LogP contribution in [0.15, 0.2) is 59.5 Å². The number of likely N-dealkylation sites (tertiary alicyclic amines) is 3. The van der Waals surface area contributed by atoms with Crippen molar-refractivity contribution in [3.05, 3.63) is 65.7 Å². The number of carbonyl (C=O) groups excluding carboxylic acids is 2. The minimum Gasteiger partial charge on any atom is -0.342 e. The van der Waals surface area contributed by atoms with Crippen LogP contribution in [0.5, 0.6) is 0 Å². The van der Waals surface area contributed by atoms with E-state index in [0.717, 1.165) is 57.7 Å². The van der Waals surface area contributed by atoms with Gasteiger partial charge in [0.05, 0.1) is 4.90 Å². The number of sulfone groups is 1. The van der Waals surface area contributed by atoms with Crippen molar-refractivity contribution in [3.8, 4) is 0 Å². The van der Waals surface area contributed by atoms with Crippen LogP contribution in [0.1, 0.15) is 55.6 Å². The summed E-state index contributed by atoms with van der Waals surface area (Å²) in [4.78, 5) is 32.9. The Kier molecular flexibility index (Phi) is 7.51. The molecule has 214 valence electrons. The van der Waals surface area contributed by atoms with Gasteiger partial charge in [-0.1, -0.05) is 42.5 Å². The summed E-state index contributed by atoms with van der Waals surface area (Å²) in [6, 6.07) is 17.6. The Hall–Kier alpha value is -2.71. The average Bonchev–Trinajstić information content (AvgIpc) is 3.57. The maximum Gasteiger partial charge on any atom is 0.223 e. The summed E-state index contributed by atoms with van der Waals surface area (Å²) < 4.78 is 23.5. The molecule has 0 unspecified atom stereocenters. The summed E-state index contributed by atoms with van der Waals surface area (Å²) in [5.74, 6) is 1.94. The largest absolute Gasteiger partial charge is 0.342 e. The Morgan fingerprint density at radius 2 is 1.68 bits per heavy atom. The van der Waals surface area contributed by atoms with Crippen LogP contribution in [0.4, 0.5) is 0 Å². The molecule has 8 heteroatoms. The van der Waals surface area contributed by atoms with E-state index in [1.165, 1.54) is 24.7 Å². The Morgan fingerprint density at radius 1 is 0.975 bits per heavy atom. The van der Waals surface area contributed by atoms with Gasteiger partial charge in [-0.25, -0.2) is 8.42 Å². The number of hydrogen-bond acceptors (Lipinski definition) is 5. The van der Waals surface area contributed by atoms with Crippen molar-refractivity contribution in [1.82, 2.24) is 14.7 Å². The van der Waals surface area contributed by atoms with E-state index in [9.17, 15) is 18.0 Å². The quantitative estimate of drug-likeness (QED) is 0.486. The molecule has 7 nitrogen and oxygen atoms in total. The smallest absolute Gasteiger partial charge is 0.223 e. The number of benzene rings is 2. The molecule has 1 saturated carbocycles. The van der Waals surface area contributed by atoms with Gasteiger partial charge in [0.25, 0.3) is 0 Å². The van der Waals surface area contributed by atoms with E-state index in [2.05, 4.69) is 40.1 Å². The topological polar surface area (TPSA) is 78.0 Å². The van der Waals surface area contributed by atoms with E-state index in [1.807, 2.05) is 17.0 Å². The van der Waals surface area contributed by atoms with Gasteiger partial charge in [0.15, 0.2) is 9.84 Å². The lowest BCUT2D eigenvalue weighted by molar-refractivity contribution is -0.130. The van der Waals surface area contributed by atoms with Crippen LogP contribution in [0.2, 0.25) is 0 Å². The first kappa shape index (κ1) is 27.5. The van der Waals surface area contributed by atoms with Gasteiger partial charge in [-0.15, -0.1) is 0 Å². The van der Waals surface area contributed by atoms with Gasteiger partial charge in [-0.05, 0) is 79.3 Å². The predicted octanol–water partition coefficient (Wildman–Crippen LogP) is 3.95. The van der Waals surface area contributed by atoms with Crippen molar-refractivity contribution in [2.45, 2.75) is 55.9 Å². The predicted molar refractivity (Wildman–Crippen MR) is 154 cm³/mol.